The van der Waals surface area contributed by atoms with Crippen LogP contribution < -0.4 is 5.32 Å². The van der Waals surface area contributed by atoms with E-state index in [1.54, 1.807) is 12.1 Å². The van der Waals surface area contributed by atoms with Crippen molar-refractivity contribution in [2.45, 2.75) is 12.6 Å². The number of hydrogen-bond acceptors (Lipinski definition) is 6. The Balaban J connectivity index is 1.48. The zero-order chi connectivity index (χ0) is 21.1. The van der Waals surface area contributed by atoms with Gasteiger partial charge in [-0.3, -0.25) is 19.3 Å². The lowest BCUT2D eigenvalue weighted by Crippen LogP contribution is -2.42. The summed E-state index contributed by atoms with van der Waals surface area (Å²) in [5.74, 6) is -2.43. The van der Waals surface area contributed by atoms with Crippen LogP contribution in [0.25, 0.3) is 0 Å². The molecule has 9 heteroatoms. The number of thiophene rings is 2. The summed E-state index contributed by atoms with van der Waals surface area (Å²) in [6.45, 7) is -0.500. The van der Waals surface area contributed by atoms with E-state index >= 15 is 0 Å². The topological polar surface area (TPSA) is 86.8 Å². The Hall–Kier alpha value is -3.30. The number of carbonyl (C=O) groups is 4. The molecule has 0 bridgehead atoms. The first-order valence-electron chi connectivity index (χ1n) is 9.12. The third-order valence-corrected chi connectivity index (χ3v) is 6.40. The van der Waals surface area contributed by atoms with E-state index < -0.39 is 36.3 Å². The van der Waals surface area contributed by atoms with Crippen molar-refractivity contribution >= 4 is 46.4 Å². The SMILES string of the molecule is O=C(CN1C(=O)C(=O)N(Cc2cccs2)C1=O)N[C@H](c1ccccc1)c1cccs1. The average Bonchev–Trinajstić information content (AvgIpc) is 3.50. The third-order valence-electron chi connectivity index (χ3n) is 4.60. The summed E-state index contributed by atoms with van der Waals surface area (Å²) in [6.07, 6.45) is 0. The van der Waals surface area contributed by atoms with Crippen molar-refractivity contribution < 1.29 is 19.2 Å². The number of nitrogens with zero attached hydrogens (tertiary/aromatic N) is 2. The van der Waals surface area contributed by atoms with E-state index in [1.807, 2.05) is 53.2 Å². The second-order valence-electron chi connectivity index (χ2n) is 6.57. The fourth-order valence-corrected chi connectivity index (χ4v) is 4.65. The van der Waals surface area contributed by atoms with E-state index in [9.17, 15) is 19.2 Å². The molecular weight excluding hydrogens is 422 g/mol. The van der Waals surface area contributed by atoms with Crippen LogP contribution in [0.4, 0.5) is 4.79 Å². The lowest BCUT2D eigenvalue weighted by atomic mass is 10.1. The molecule has 0 radical (unpaired) electrons. The molecule has 1 aliphatic rings. The Morgan fingerprint density at radius 3 is 2.23 bits per heavy atom. The minimum absolute atomic E-state index is 0.0149. The molecule has 2 aromatic heterocycles. The summed E-state index contributed by atoms with van der Waals surface area (Å²) in [5, 5.41) is 6.61. The highest BCUT2D eigenvalue weighted by Gasteiger charge is 2.45. The summed E-state index contributed by atoms with van der Waals surface area (Å²) in [6, 6.07) is 15.6. The highest BCUT2D eigenvalue weighted by molar-refractivity contribution is 7.10. The zero-order valence-electron chi connectivity index (χ0n) is 15.7. The maximum Gasteiger partial charge on any atom is 0.335 e. The predicted molar refractivity (Wildman–Crippen MR) is 113 cm³/mol. The minimum Gasteiger partial charge on any atom is -0.343 e. The number of amides is 5. The van der Waals surface area contributed by atoms with Gasteiger partial charge in [0.1, 0.15) is 6.54 Å². The van der Waals surface area contributed by atoms with E-state index in [0.29, 0.717) is 4.90 Å². The van der Waals surface area contributed by atoms with Crippen LogP contribution in [-0.2, 0) is 20.9 Å². The number of imide groups is 2. The Morgan fingerprint density at radius 1 is 0.867 bits per heavy atom. The number of rotatable bonds is 7. The van der Waals surface area contributed by atoms with Crippen LogP contribution in [0, 0.1) is 0 Å². The molecule has 152 valence electrons. The molecule has 5 amide bonds. The Bertz CT molecular complexity index is 1070. The molecule has 1 fully saturated rings. The summed E-state index contributed by atoms with van der Waals surface area (Å²) < 4.78 is 0. The van der Waals surface area contributed by atoms with Gasteiger partial charge in [-0.2, -0.15) is 0 Å². The number of nitrogens with one attached hydrogen (secondary N) is 1. The second kappa shape index (κ2) is 8.60. The molecule has 1 aliphatic heterocycles. The smallest absolute Gasteiger partial charge is 0.335 e. The number of hydrogen-bond donors (Lipinski definition) is 1. The van der Waals surface area contributed by atoms with Crippen LogP contribution in [0.5, 0.6) is 0 Å². The molecule has 1 saturated heterocycles. The van der Waals surface area contributed by atoms with Gasteiger partial charge in [0.05, 0.1) is 12.6 Å². The van der Waals surface area contributed by atoms with Gasteiger partial charge in [-0.05, 0) is 28.5 Å². The van der Waals surface area contributed by atoms with Gasteiger partial charge in [0.25, 0.3) is 0 Å². The standard InChI is InChI=1S/C21H17N3O4S2/c25-17(22-18(16-9-5-11-30-16)14-6-2-1-3-7-14)13-24-20(27)19(26)23(21(24)28)12-15-8-4-10-29-15/h1-11,18H,12-13H2,(H,22,25)/t18-/m1/s1. The normalized spacial score (nSPS) is 15.0. The minimum atomic E-state index is -0.987. The maximum atomic E-state index is 12.7. The first kappa shape index (κ1) is 20.0. The van der Waals surface area contributed by atoms with Crippen LogP contribution >= 0.6 is 22.7 Å². The van der Waals surface area contributed by atoms with Crippen LogP contribution in [0.2, 0.25) is 0 Å². The molecule has 0 unspecified atom stereocenters. The van der Waals surface area contributed by atoms with E-state index in [2.05, 4.69) is 5.32 Å². The van der Waals surface area contributed by atoms with Gasteiger partial charge in [-0.1, -0.05) is 42.5 Å². The van der Waals surface area contributed by atoms with E-state index in [1.165, 1.54) is 22.7 Å². The fraction of sp³-hybridized carbons (Fsp3) is 0.143. The van der Waals surface area contributed by atoms with Crippen LogP contribution in [-0.4, -0.2) is 40.1 Å². The molecule has 0 spiro atoms. The molecule has 1 atom stereocenters. The van der Waals surface area contributed by atoms with E-state index in [0.717, 1.165) is 20.2 Å². The van der Waals surface area contributed by atoms with E-state index in [4.69, 9.17) is 0 Å². The van der Waals surface area contributed by atoms with Crippen molar-refractivity contribution in [3.8, 4) is 0 Å². The molecule has 1 aromatic carbocycles. The van der Waals surface area contributed by atoms with Crippen molar-refractivity contribution in [2.24, 2.45) is 0 Å². The van der Waals surface area contributed by atoms with Gasteiger partial charge in [-0.15, -0.1) is 22.7 Å². The Morgan fingerprint density at radius 2 is 1.57 bits per heavy atom. The fourth-order valence-electron chi connectivity index (χ4n) is 3.16. The summed E-state index contributed by atoms with van der Waals surface area (Å²) >= 11 is 2.87. The van der Waals surface area contributed by atoms with Gasteiger partial charge < -0.3 is 5.32 Å². The van der Waals surface area contributed by atoms with Gasteiger partial charge in [0, 0.05) is 9.75 Å². The molecule has 0 saturated carbocycles. The second-order valence-corrected chi connectivity index (χ2v) is 8.58. The predicted octanol–water partition coefficient (Wildman–Crippen LogP) is 3.01. The molecule has 7 nitrogen and oxygen atoms in total. The average molecular weight is 440 g/mol. The molecule has 3 aromatic rings. The highest BCUT2D eigenvalue weighted by Crippen LogP contribution is 2.26. The maximum absolute atomic E-state index is 12.7. The van der Waals surface area contributed by atoms with Gasteiger partial charge in [0.2, 0.25) is 5.91 Å². The first-order valence-corrected chi connectivity index (χ1v) is 10.9. The summed E-state index contributed by atoms with van der Waals surface area (Å²) in [5.41, 5.74) is 0.878. The first-order chi connectivity index (χ1) is 14.5. The van der Waals surface area contributed by atoms with Gasteiger partial charge >= 0.3 is 17.8 Å². The lowest BCUT2D eigenvalue weighted by molar-refractivity contribution is -0.144. The van der Waals surface area contributed by atoms with Crippen LogP contribution in [0.15, 0.2) is 65.4 Å². The molecule has 3 heterocycles. The number of benzene rings is 1. The van der Waals surface area contributed by atoms with Gasteiger partial charge in [0.15, 0.2) is 0 Å². The van der Waals surface area contributed by atoms with Crippen molar-refractivity contribution in [3.63, 3.8) is 0 Å². The Labute approximate surface area is 180 Å². The number of carbonyl (C=O) groups excluding carboxylic acids is 4. The van der Waals surface area contributed by atoms with Crippen molar-refractivity contribution in [1.29, 1.82) is 0 Å². The summed E-state index contributed by atoms with van der Waals surface area (Å²) in [4.78, 5) is 53.2. The monoisotopic (exact) mass is 439 g/mol. The molecule has 4 rings (SSSR count). The molecule has 1 N–H and O–H groups in total. The quantitative estimate of drug-likeness (QED) is 0.453. The molecule has 30 heavy (non-hydrogen) atoms. The van der Waals surface area contributed by atoms with Crippen molar-refractivity contribution in [2.75, 3.05) is 6.54 Å². The lowest BCUT2D eigenvalue weighted by Gasteiger charge is -2.20. The zero-order valence-corrected chi connectivity index (χ0v) is 17.3. The van der Waals surface area contributed by atoms with Crippen LogP contribution in [0.3, 0.4) is 0 Å². The van der Waals surface area contributed by atoms with Crippen molar-refractivity contribution in [1.82, 2.24) is 15.1 Å². The summed E-state index contributed by atoms with van der Waals surface area (Å²) in [7, 11) is 0. The Kier molecular flexibility index (Phi) is 5.73. The number of urea groups is 1. The molecule has 0 aliphatic carbocycles. The van der Waals surface area contributed by atoms with E-state index in [-0.39, 0.29) is 6.54 Å². The highest BCUT2D eigenvalue weighted by atomic mass is 32.1. The third kappa shape index (κ3) is 4.03. The van der Waals surface area contributed by atoms with Crippen molar-refractivity contribution in [3.05, 3.63) is 80.7 Å². The molecular formula is C21H17N3O4S2. The largest absolute Gasteiger partial charge is 0.343 e. The van der Waals surface area contributed by atoms with Crippen LogP contribution in [0.1, 0.15) is 21.4 Å². The van der Waals surface area contributed by atoms with Gasteiger partial charge in [-0.25, -0.2) is 9.69 Å².